The Morgan fingerprint density at radius 1 is 1.35 bits per heavy atom. The maximum absolute atomic E-state index is 12.4. The number of benzene rings is 1. The molecule has 26 heavy (non-hydrogen) atoms. The van der Waals surface area contributed by atoms with Gasteiger partial charge in [0.05, 0.1) is 6.61 Å². The maximum atomic E-state index is 12.4. The lowest BCUT2D eigenvalue weighted by Gasteiger charge is -2.35. The molecule has 2 saturated heterocycles. The van der Waals surface area contributed by atoms with Crippen LogP contribution >= 0.6 is 0 Å². The van der Waals surface area contributed by atoms with Gasteiger partial charge in [0.1, 0.15) is 11.9 Å². The van der Waals surface area contributed by atoms with Crippen LogP contribution < -0.4 is 4.74 Å². The van der Waals surface area contributed by atoms with Gasteiger partial charge in [0, 0.05) is 39.3 Å². The van der Waals surface area contributed by atoms with Crippen LogP contribution in [-0.4, -0.2) is 61.2 Å². The number of rotatable bonds is 7. The number of ether oxygens (including phenoxy) is 2. The smallest absolute Gasteiger partial charge is 0.251 e. The van der Waals surface area contributed by atoms with E-state index in [0.717, 1.165) is 64.3 Å². The summed E-state index contributed by atoms with van der Waals surface area (Å²) < 4.78 is 11.2. The monoisotopic (exact) mass is 358 g/mol. The maximum Gasteiger partial charge on any atom is 0.251 e. The minimum absolute atomic E-state index is 0.177. The second-order valence-corrected chi connectivity index (χ2v) is 6.97. The van der Waals surface area contributed by atoms with E-state index in [1.165, 1.54) is 11.1 Å². The van der Waals surface area contributed by atoms with Crippen molar-refractivity contribution in [2.24, 2.45) is 0 Å². The van der Waals surface area contributed by atoms with Gasteiger partial charge in [-0.3, -0.25) is 9.69 Å². The Balaban J connectivity index is 1.54. The van der Waals surface area contributed by atoms with E-state index in [1.54, 1.807) is 0 Å². The van der Waals surface area contributed by atoms with Gasteiger partial charge in [-0.15, -0.1) is 6.58 Å². The van der Waals surface area contributed by atoms with E-state index in [1.807, 2.05) is 17.9 Å². The molecule has 2 aliphatic rings. The van der Waals surface area contributed by atoms with Gasteiger partial charge in [-0.25, -0.2) is 0 Å². The fourth-order valence-electron chi connectivity index (χ4n) is 3.70. The molecule has 5 nitrogen and oxygen atoms in total. The highest BCUT2D eigenvalue weighted by Gasteiger charge is 2.30. The Labute approximate surface area is 156 Å². The SMILES string of the molecule is C=CCc1cc(CN2CCN(C(=O)[C@@H]3CCCO3)CC2)ccc1OCC. The summed E-state index contributed by atoms with van der Waals surface area (Å²) in [7, 11) is 0. The molecule has 0 bridgehead atoms. The molecule has 2 fully saturated rings. The van der Waals surface area contributed by atoms with E-state index in [0.29, 0.717) is 6.61 Å². The summed E-state index contributed by atoms with van der Waals surface area (Å²) >= 11 is 0. The van der Waals surface area contributed by atoms with Crippen molar-refractivity contribution in [3.63, 3.8) is 0 Å². The Morgan fingerprint density at radius 2 is 2.15 bits per heavy atom. The molecular formula is C21H30N2O3. The lowest BCUT2D eigenvalue weighted by Crippen LogP contribution is -2.51. The minimum atomic E-state index is -0.200. The highest BCUT2D eigenvalue weighted by molar-refractivity contribution is 5.81. The van der Waals surface area contributed by atoms with Crippen molar-refractivity contribution in [1.82, 2.24) is 9.80 Å². The van der Waals surface area contributed by atoms with Crippen molar-refractivity contribution in [2.45, 2.75) is 38.8 Å². The van der Waals surface area contributed by atoms with Crippen LogP contribution in [0.15, 0.2) is 30.9 Å². The molecule has 0 radical (unpaired) electrons. The van der Waals surface area contributed by atoms with Gasteiger partial charge in [-0.1, -0.05) is 18.2 Å². The molecule has 0 N–H and O–H groups in total. The van der Waals surface area contributed by atoms with E-state index in [2.05, 4.69) is 29.7 Å². The molecule has 1 aromatic rings. The number of carbonyl (C=O) groups excluding carboxylic acids is 1. The number of carbonyl (C=O) groups is 1. The minimum Gasteiger partial charge on any atom is -0.494 e. The topological polar surface area (TPSA) is 42.0 Å². The third kappa shape index (κ3) is 4.65. The van der Waals surface area contributed by atoms with Crippen molar-refractivity contribution in [3.05, 3.63) is 42.0 Å². The summed E-state index contributed by atoms with van der Waals surface area (Å²) in [6, 6.07) is 6.42. The van der Waals surface area contributed by atoms with Crippen LogP contribution in [0.1, 0.15) is 30.9 Å². The Hall–Kier alpha value is -1.85. The fourth-order valence-corrected chi connectivity index (χ4v) is 3.70. The molecule has 1 amide bonds. The van der Waals surface area contributed by atoms with Crippen LogP contribution in [0.3, 0.4) is 0 Å². The van der Waals surface area contributed by atoms with Crippen molar-refractivity contribution in [3.8, 4) is 5.75 Å². The average molecular weight is 358 g/mol. The summed E-state index contributed by atoms with van der Waals surface area (Å²) in [5, 5.41) is 0. The Bertz CT molecular complexity index is 618. The summed E-state index contributed by atoms with van der Waals surface area (Å²) in [6.07, 6.45) is 4.40. The molecule has 0 spiro atoms. The second-order valence-electron chi connectivity index (χ2n) is 6.97. The van der Waals surface area contributed by atoms with E-state index in [4.69, 9.17) is 9.47 Å². The number of hydrogen-bond acceptors (Lipinski definition) is 4. The Morgan fingerprint density at radius 3 is 2.81 bits per heavy atom. The predicted octanol–water partition coefficient (Wildman–Crippen LogP) is 2.64. The quantitative estimate of drug-likeness (QED) is 0.703. The first kappa shape index (κ1) is 18.9. The van der Waals surface area contributed by atoms with Crippen LogP contribution in [0.4, 0.5) is 0 Å². The van der Waals surface area contributed by atoms with Gasteiger partial charge in [-0.2, -0.15) is 0 Å². The van der Waals surface area contributed by atoms with E-state index >= 15 is 0 Å². The van der Waals surface area contributed by atoms with Crippen molar-refractivity contribution in [1.29, 1.82) is 0 Å². The van der Waals surface area contributed by atoms with Gasteiger partial charge in [0.15, 0.2) is 0 Å². The summed E-state index contributed by atoms with van der Waals surface area (Å²) in [5.74, 6) is 1.12. The molecule has 1 aromatic carbocycles. The summed E-state index contributed by atoms with van der Waals surface area (Å²) in [5.41, 5.74) is 2.47. The van der Waals surface area contributed by atoms with E-state index in [9.17, 15) is 4.79 Å². The fraction of sp³-hybridized carbons (Fsp3) is 0.571. The zero-order valence-electron chi connectivity index (χ0n) is 15.8. The molecule has 0 aliphatic carbocycles. The molecule has 2 aliphatic heterocycles. The van der Waals surface area contributed by atoms with Crippen molar-refractivity contribution < 1.29 is 14.3 Å². The number of hydrogen-bond donors (Lipinski definition) is 0. The first-order valence-electron chi connectivity index (χ1n) is 9.69. The van der Waals surface area contributed by atoms with Crippen LogP contribution in [0.5, 0.6) is 5.75 Å². The number of allylic oxidation sites excluding steroid dienone is 1. The van der Waals surface area contributed by atoms with Crippen LogP contribution in [-0.2, 0) is 22.5 Å². The van der Waals surface area contributed by atoms with Gasteiger partial charge in [0.2, 0.25) is 0 Å². The molecule has 3 rings (SSSR count). The first-order valence-corrected chi connectivity index (χ1v) is 9.69. The highest BCUT2D eigenvalue weighted by Crippen LogP contribution is 2.23. The van der Waals surface area contributed by atoms with Gasteiger partial charge < -0.3 is 14.4 Å². The molecule has 0 unspecified atom stereocenters. The standard InChI is InChI=1S/C21H30N2O3/c1-3-6-18-15-17(8-9-19(18)25-4-2)16-22-10-12-23(13-11-22)21(24)20-7-5-14-26-20/h3,8-9,15,20H,1,4-7,10-14,16H2,2H3/t20-/m0/s1. The summed E-state index contributed by atoms with van der Waals surface area (Å²) in [6.45, 7) is 11.5. The molecular weight excluding hydrogens is 328 g/mol. The third-order valence-electron chi connectivity index (χ3n) is 5.08. The predicted molar refractivity (Wildman–Crippen MR) is 102 cm³/mol. The van der Waals surface area contributed by atoms with Crippen molar-refractivity contribution >= 4 is 5.91 Å². The molecule has 0 saturated carbocycles. The van der Waals surface area contributed by atoms with Gasteiger partial charge in [-0.05, 0) is 43.4 Å². The lowest BCUT2D eigenvalue weighted by molar-refractivity contribution is -0.142. The number of amides is 1. The van der Waals surface area contributed by atoms with Crippen LogP contribution in [0.2, 0.25) is 0 Å². The zero-order valence-corrected chi connectivity index (χ0v) is 15.8. The largest absolute Gasteiger partial charge is 0.494 e. The molecule has 142 valence electrons. The number of piperazine rings is 1. The highest BCUT2D eigenvalue weighted by atomic mass is 16.5. The average Bonchev–Trinajstić information content (AvgIpc) is 3.19. The first-order chi connectivity index (χ1) is 12.7. The van der Waals surface area contributed by atoms with E-state index in [-0.39, 0.29) is 12.0 Å². The van der Waals surface area contributed by atoms with Crippen LogP contribution in [0.25, 0.3) is 0 Å². The van der Waals surface area contributed by atoms with Crippen LogP contribution in [0, 0.1) is 0 Å². The number of nitrogens with zero attached hydrogens (tertiary/aromatic N) is 2. The second kappa shape index (κ2) is 9.19. The van der Waals surface area contributed by atoms with E-state index < -0.39 is 0 Å². The van der Waals surface area contributed by atoms with Gasteiger partial charge in [0.25, 0.3) is 5.91 Å². The third-order valence-corrected chi connectivity index (χ3v) is 5.08. The summed E-state index contributed by atoms with van der Waals surface area (Å²) in [4.78, 5) is 16.8. The normalized spacial score (nSPS) is 21.0. The molecule has 5 heteroatoms. The Kier molecular flexibility index (Phi) is 6.69. The molecule has 0 aromatic heterocycles. The zero-order chi connectivity index (χ0) is 18.4. The van der Waals surface area contributed by atoms with Crippen molar-refractivity contribution in [2.75, 3.05) is 39.4 Å². The molecule has 2 heterocycles. The lowest BCUT2D eigenvalue weighted by atomic mass is 10.1. The molecule has 1 atom stereocenters. The van der Waals surface area contributed by atoms with Gasteiger partial charge >= 0.3 is 0 Å².